The lowest BCUT2D eigenvalue weighted by Crippen LogP contribution is -2.40. The standard InChI is InChI=1S/C18H15ClN6O3/c19-12-3-1-11(2-4-12)16-13(10-20)17(24-5-7-28-8-6-24)22-18(21-16)25-15(27)9-14(26)23-25/h1-4H,5-9H2,(H,23,26). The van der Waals surface area contributed by atoms with Crippen LogP contribution in [0.25, 0.3) is 11.3 Å². The minimum atomic E-state index is -0.454. The average Bonchev–Trinajstić information content (AvgIpc) is 3.06. The highest BCUT2D eigenvalue weighted by atomic mass is 35.5. The van der Waals surface area contributed by atoms with Crippen molar-refractivity contribution in [1.82, 2.24) is 15.4 Å². The van der Waals surface area contributed by atoms with Crippen LogP contribution in [0.5, 0.6) is 0 Å². The van der Waals surface area contributed by atoms with Crippen LogP contribution in [-0.2, 0) is 14.3 Å². The summed E-state index contributed by atoms with van der Waals surface area (Å²) in [6, 6.07) is 9.04. The van der Waals surface area contributed by atoms with Crippen molar-refractivity contribution >= 4 is 35.2 Å². The molecule has 2 fully saturated rings. The van der Waals surface area contributed by atoms with E-state index < -0.39 is 11.8 Å². The van der Waals surface area contributed by atoms with Gasteiger partial charge in [-0.3, -0.25) is 15.0 Å². The molecule has 2 aliphatic heterocycles. The van der Waals surface area contributed by atoms with E-state index in [0.717, 1.165) is 5.01 Å². The number of morpholine rings is 1. The fourth-order valence-corrected chi connectivity index (χ4v) is 3.19. The summed E-state index contributed by atoms with van der Waals surface area (Å²) in [6.07, 6.45) is -0.271. The number of hydrogen-bond donors (Lipinski definition) is 1. The highest BCUT2D eigenvalue weighted by Crippen LogP contribution is 2.32. The van der Waals surface area contributed by atoms with Crippen LogP contribution in [-0.4, -0.2) is 48.1 Å². The van der Waals surface area contributed by atoms with E-state index in [-0.39, 0.29) is 17.9 Å². The van der Waals surface area contributed by atoms with Crippen LogP contribution < -0.4 is 15.3 Å². The maximum absolute atomic E-state index is 12.2. The van der Waals surface area contributed by atoms with Gasteiger partial charge in [0.1, 0.15) is 18.1 Å². The quantitative estimate of drug-likeness (QED) is 0.775. The number of carbonyl (C=O) groups excluding carboxylic acids is 2. The molecule has 0 spiro atoms. The molecular formula is C18H15ClN6O3. The second-order valence-electron chi connectivity index (χ2n) is 6.23. The van der Waals surface area contributed by atoms with Crippen molar-refractivity contribution in [3.63, 3.8) is 0 Å². The summed E-state index contributed by atoms with van der Waals surface area (Å²) >= 11 is 5.98. The van der Waals surface area contributed by atoms with Crippen molar-refractivity contribution in [1.29, 1.82) is 5.26 Å². The van der Waals surface area contributed by atoms with Gasteiger partial charge in [-0.2, -0.15) is 15.3 Å². The molecule has 2 amide bonds. The number of rotatable bonds is 3. The van der Waals surface area contributed by atoms with Crippen LogP contribution in [0.4, 0.5) is 11.8 Å². The molecule has 1 aromatic heterocycles. The average molecular weight is 399 g/mol. The van der Waals surface area contributed by atoms with Gasteiger partial charge >= 0.3 is 0 Å². The Morgan fingerprint density at radius 3 is 2.46 bits per heavy atom. The molecule has 28 heavy (non-hydrogen) atoms. The number of hydrazine groups is 1. The lowest BCUT2D eigenvalue weighted by Gasteiger charge is -2.29. The maximum atomic E-state index is 12.2. The Labute approximate surface area is 165 Å². The van der Waals surface area contributed by atoms with Gasteiger partial charge < -0.3 is 9.64 Å². The monoisotopic (exact) mass is 398 g/mol. The van der Waals surface area contributed by atoms with E-state index in [0.29, 0.717) is 48.4 Å². The Balaban J connectivity index is 1.89. The second-order valence-corrected chi connectivity index (χ2v) is 6.67. The molecule has 0 unspecified atom stereocenters. The van der Waals surface area contributed by atoms with Crippen LogP contribution >= 0.6 is 11.6 Å². The third-order valence-corrected chi connectivity index (χ3v) is 4.67. The number of hydrogen-bond acceptors (Lipinski definition) is 7. The normalized spacial score (nSPS) is 16.9. The van der Waals surface area contributed by atoms with E-state index in [4.69, 9.17) is 16.3 Å². The summed E-state index contributed by atoms with van der Waals surface area (Å²) < 4.78 is 5.38. The van der Waals surface area contributed by atoms with Gasteiger partial charge in [0.15, 0.2) is 5.82 Å². The Morgan fingerprint density at radius 2 is 1.86 bits per heavy atom. The zero-order valence-corrected chi connectivity index (χ0v) is 15.4. The molecule has 0 atom stereocenters. The first-order valence-electron chi connectivity index (χ1n) is 8.60. The molecule has 0 aliphatic carbocycles. The molecule has 9 nitrogen and oxygen atoms in total. The molecule has 10 heteroatoms. The van der Waals surface area contributed by atoms with Gasteiger partial charge in [-0.15, -0.1) is 0 Å². The summed E-state index contributed by atoms with van der Waals surface area (Å²) in [4.78, 5) is 34.6. The zero-order chi connectivity index (χ0) is 19.7. The van der Waals surface area contributed by atoms with Crippen LogP contribution in [0.3, 0.4) is 0 Å². The third-order valence-electron chi connectivity index (χ3n) is 4.42. The summed E-state index contributed by atoms with van der Waals surface area (Å²) in [5, 5.41) is 11.4. The molecule has 2 saturated heterocycles. The number of anilines is 2. The molecule has 1 N–H and O–H groups in total. The van der Waals surface area contributed by atoms with Crippen LogP contribution in [0.2, 0.25) is 5.02 Å². The summed E-state index contributed by atoms with van der Waals surface area (Å²) in [6.45, 7) is 2.09. The highest BCUT2D eigenvalue weighted by Gasteiger charge is 2.32. The first kappa shape index (κ1) is 18.2. The smallest absolute Gasteiger partial charge is 0.257 e. The van der Waals surface area contributed by atoms with Gasteiger partial charge in [-0.05, 0) is 12.1 Å². The molecule has 3 heterocycles. The molecule has 2 aliphatic rings. The number of carbonyl (C=O) groups is 2. The summed E-state index contributed by atoms with van der Waals surface area (Å²) in [5.41, 5.74) is 3.74. The van der Waals surface area contributed by atoms with Crippen LogP contribution in [0.15, 0.2) is 24.3 Å². The lowest BCUT2D eigenvalue weighted by molar-refractivity contribution is -0.122. The lowest BCUT2D eigenvalue weighted by atomic mass is 10.1. The molecule has 0 radical (unpaired) electrons. The number of nitrogens with zero attached hydrogens (tertiary/aromatic N) is 5. The van der Waals surface area contributed by atoms with Gasteiger partial charge in [0.2, 0.25) is 5.91 Å². The Bertz CT molecular complexity index is 982. The first-order valence-corrected chi connectivity index (χ1v) is 8.98. The third kappa shape index (κ3) is 3.35. The molecule has 142 valence electrons. The van der Waals surface area contributed by atoms with Gasteiger partial charge in [0.25, 0.3) is 11.9 Å². The Hall–Kier alpha value is -3.22. The van der Waals surface area contributed by atoms with E-state index in [1.54, 1.807) is 24.3 Å². The van der Waals surface area contributed by atoms with Crippen molar-refractivity contribution in [2.24, 2.45) is 0 Å². The number of nitriles is 1. The Kier molecular flexibility index (Phi) is 4.81. The van der Waals surface area contributed by atoms with E-state index in [1.807, 2.05) is 4.90 Å². The zero-order valence-electron chi connectivity index (χ0n) is 14.7. The van der Waals surface area contributed by atoms with Crippen molar-refractivity contribution in [2.75, 3.05) is 36.2 Å². The predicted octanol–water partition coefficient (Wildman–Crippen LogP) is 1.27. The van der Waals surface area contributed by atoms with Gasteiger partial charge in [0, 0.05) is 23.7 Å². The minimum Gasteiger partial charge on any atom is -0.378 e. The SMILES string of the molecule is N#Cc1c(-c2ccc(Cl)cc2)nc(N2NC(=O)CC2=O)nc1N1CCOCC1. The van der Waals surface area contributed by atoms with Crippen molar-refractivity contribution in [2.45, 2.75) is 6.42 Å². The van der Waals surface area contributed by atoms with Gasteiger partial charge in [0.05, 0.1) is 18.9 Å². The fourth-order valence-electron chi connectivity index (χ4n) is 3.07. The minimum absolute atomic E-state index is 0.0151. The molecule has 0 bridgehead atoms. The highest BCUT2D eigenvalue weighted by molar-refractivity contribution is 6.30. The largest absolute Gasteiger partial charge is 0.378 e. The number of nitrogens with one attached hydrogen (secondary N) is 1. The number of amides is 2. The van der Waals surface area contributed by atoms with Gasteiger partial charge in [-0.1, -0.05) is 23.7 Å². The number of halogens is 1. The van der Waals surface area contributed by atoms with Gasteiger partial charge in [-0.25, -0.2) is 4.98 Å². The molecular weight excluding hydrogens is 384 g/mol. The summed E-state index contributed by atoms with van der Waals surface area (Å²) in [5.74, 6) is -0.473. The molecule has 4 rings (SSSR count). The first-order chi connectivity index (χ1) is 13.6. The fraction of sp³-hybridized carbons (Fsp3) is 0.278. The molecule has 0 saturated carbocycles. The molecule has 1 aromatic carbocycles. The summed E-state index contributed by atoms with van der Waals surface area (Å²) in [7, 11) is 0. The Morgan fingerprint density at radius 1 is 1.14 bits per heavy atom. The van der Waals surface area contributed by atoms with Crippen LogP contribution in [0.1, 0.15) is 12.0 Å². The van der Waals surface area contributed by atoms with Crippen molar-refractivity contribution in [3.05, 3.63) is 34.9 Å². The van der Waals surface area contributed by atoms with Crippen LogP contribution in [0, 0.1) is 11.3 Å². The molecule has 2 aromatic rings. The van der Waals surface area contributed by atoms with E-state index in [2.05, 4.69) is 21.5 Å². The number of benzene rings is 1. The van der Waals surface area contributed by atoms with Crippen molar-refractivity contribution in [3.8, 4) is 17.3 Å². The van der Waals surface area contributed by atoms with E-state index in [1.165, 1.54) is 0 Å². The second kappa shape index (κ2) is 7.42. The van der Waals surface area contributed by atoms with E-state index in [9.17, 15) is 14.9 Å². The predicted molar refractivity (Wildman–Crippen MR) is 100 cm³/mol. The number of ether oxygens (including phenoxy) is 1. The maximum Gasteiger partial charge on any atom is 0.257 e. The number of aromatic nitrogens is 2. The van der Waals surface area contributed by atoms with Crippen molar-refractivity contribution < 1.29 is 14.3 Å². The topological polar surface area (TPSA) is 111 Å². The van der Waals surface area contributed by atoms with E-state index >= 15 is 0 Å².